The molecule has 0 aliphatic rings. The second kappa shape index (κ2) is 6.01. The van der Waals surface area contributed by atoms with Crippen molar-refractivity contribution >= 4 is 20.2 Å². The van der Waals surface area contributed by atoms with E-state index in [1.54, 1.807) is 12.4 Å². The second-order valence-electron chi connectivity index (χ2n) is 5.65. The molecule has 1 aromatic carbocycles. The number of aryl methyl sites for hydroxylation is 1. The SMILES string of the molecule is Cc1cccc(O[Si](C)(C)C)c1N=Cc1ccccn1. The van der Waals surface area contributed by atoms with E-state index in [0.29, 0.717) is 0 Å². The van der Waals surface area contributed by atoms with Crippen LogP contribution in [-0.2, 0) is 0 Å². The monoisotopic (exact) mass is 284 g/mol. The summed E-state index contributed by atoms with van der Waals surface area (Å²) >= 11 is 0. The molecule has 0 saturated heterocycles. The normalized spacial score (nSPS) is 11.8. The Labute approximate surface area is 121 Å². The first kappa shape index (κ1) is 14.5. The zero-order chi connectivity index (χ0) is 14.6. The Kier molecular flexibility index (Phi) is 4.34. The molecule has 0 aliphatic heterocycles. The molecule has 0 unspecified atom stereocenters. The fourth-order valence-electron chi connectivity index (χ4n) is 1.79. The highest BCUT2D eigenvalue weighted by molar-refractivity contribution is 6.70. The molecule has 0 N–H and O–H groups in total. The van der Waals surface area contributed by atoms with Gasteiger partial charge in [-0.05, 0) is 50.3 Å². The van der Waals surface area contributed by atoms with Crippen molar-refractivity contribution in [3.05, 3.63) is 53.9 Å². The van der Waals surface area contributed by atoms with Crippen molar-refractivity contribution < 1.29 is 4.43 Å². The van der Waals surface area contributed by atoms with E-state index < -0.39 is 8.32 Å². The van der Waals surface area contributed by atoms with Gasteiger partial charge in [0.2, 0.25) is 8.32 Å². The third kappa shape index (κ3) is 4.03. The number of benzene rings is 1. The number of hydrogen-bond donors (Lipinski definition) is 0. The molecule has 2 aromatic rings. The van der Waals surface area contributed by atoms with Crippen LogP contribution in [0.15, 0.2) is 47.6 Å². The lowest BCUT2D eigenvalue weighted by Gasteiger charge is -2.21. The van der Waals surface area contributed by atoms with Gasteiger partial charge in [0, 0.05) is 6.20 Å². The van der Waals surface area contributed by atoms with Crippen LogP contribution in [0.3, 0.4) is 0 Å². The minimum absolute atomic E-state index is 0.842. The maximum absolute atomic E-state index is 6.11. The zero-order valence-corrected chi connectivity index (χ0v) is 13.4. The molecule has 0 radical (unpaired) electrons. The summed E-state index contributed by atoms with van der Waals surface area (Å²) < 4.78 is 6.11. The van der Waals surface area contributed by atoms with Gasteiger partial charge in [0.25, 0.3) is 0 Å². The summed E-state index contributed by atoms with van der Waals surface area (Å²) in [6, 6.07) is 11.8. The summed E-state index contributed by atoms with van der Waals surface area (Å²) in [4.78, 5) is 8.82. The van der Waals surface area contributed by atoms with Crippen molar-refractivity contribution in [2.75, 3.05) is 0 Å². The summed E-state index contributed by atoms with van der Waals surface area (Å²) in [6.45, 7) is 8.55. The van der Waals surface area contributed by atoms with Gasteiger partial charge in [-0.1, -0.05) is 18.2 Å². The van der Waals surface area contributed by atoms with Crippen LogP contribution in [0.25, 0.3) is 0 Å². The van der Waals surface area contributed by atoms with E-state index in [1.165, 1.54) is 0 Å². The van der Waals surface area contributed by atoms with Gasteiger partial charge in [-0.3, -0.25) is 9.98 Å². The van der Waals surface area contributed by atoms with Gasteiger partial charge in [0.15, 0.2) is 0 Å². The highest BCUT2D eigenvalue weighted by Crippen LogP contribution is 2.32. The van der Waals surface area contributed by atoms with Crippen molar-refractivity contribution in [1.29, 1.82) is 0 Å². The molecule has 0 fully saturated rings. The first-order valence-corrected chi connectivity index (χ1v) is 10.1. The van der Waals surface area contributed by atoms with Gasteiger partial charge < -0.3 is 4.43 Å². The molecule has 4 heteroatoms. The fourth-order valence-corrected chi connectivity index (χ4v) is 2.62. The number of nitrogens with zero attached hydrogens (tertiary/aromatic N) is 2. The first-order valence-electron chi connectivity index (χ1n) is 6.69. The molecule has 0 saturated carbocycles. The number of aliphatic imine (C=N–C) groups is 1. The molecule has 2 rings (SSSR count). The average Bonchev–Trinajstić information content (AvgIpc) is 2.37. The molecular weight excluding hydrogens is 264 g/mol. The lowest BCUT2D eigenvalue weighted by atomic mass is 10.2. The quantitative estimate of drug-likeness (QED) is 0.618. The minimum Gasteiger partial charge on any atom is -0.543 e. The van der Waals surface area contributed by atoms with Crippen LogP contribution in [0.2, 0.25) is 19.6 Å². The van der Waals surface area contributed by atoms with Gasteiger partial charge >= 0.3 is 0 Å². The largest absolute Gasteiger partial charge is 0.543 e. The summed E-state index contributed by atoms with van der Waals surface area (Å²) in [5.74, 6) is 0.858. The van der Waals surface area contributed by atoms with E-state index in [4.69, 9.17) is 4.43 Å². The summed E-state index contributed by atoms with van der Waals surface area (Å²) in [7, 11) is -1.65. The molecule has 0 spiro atoms. The molecule has 20 heavy (non-hydrogen) atoms. The molecular formula is C16H20N2OSi. The number of rotatable bonds is 4. The van der Waals surface area contributed by atoms with Crippen LogP contribution in [0.4, 0.5) is 5.69 Å². The highest BCUT2D eigenvalue weighted by atomic mass is 28.4. The van der Waals surface area contributed by atoms with E-state index in [1.807, 2.05) is 43.3 Å². The van der Waals surface area contributed by atoms with E-state index >= 15 is 0 Å². The molecule has 1 aromatic heterocycles. The van der Waals surface area contributed by atoms with E-state index in [0.717, 1.165) is 22.7 Å². The highest BCUT2D eigenvalue weighted by Gasteiger charge is 2.18. The Hall–Kier alpha value is -1.94. The maximum atomic E-state index is 6.11. The van der Waals surface area contributed by atoms with Crippen molar-refractivity contribution in [1.82, 2.24) is 4.98 Å². The van der Waals surface area contributed by atoms with Crippen molar-refractivity contribution in [2.24, 2.45) is 4.99 Å². The Bertz CT molecular complexity index is 604. The lowest BCUT2D eigenvalue weighted by molar-refractivity contribution is 0.558. The van der Waals surface area contributed by atoms with Crippen molar-refractivity contribution in [3.8, 4) is 5.75 Å². The average molecular weight is 284 g/mol. The fraction of sp³-hybridized carbons (Fsp3) is 0.250. The Morgan fingerprint density at radius 1 is 1.10 bits per heavy atom. The standard InChI is InChI=1S/C16H20N2OSi/c1-13-8-7-10-15(19-20(2,3)4)16(13)18-12-14-9-5-6-11-17-14/h5-12H,1-4H3. The third-order valence-electron chi connectivity index (χ3n) is 2.63. The van der Waals surface area contributed by atoms with Crippen LogP contribution < -0.4 is 4.43 Å². The third-order valence-corrected chi connectivity index (χ3v) is 3.46. The number of pyridine rings is 1. The molecule has 1 heterocycles. The maximum Gasteiger partial charge on any atom is 0.242 e. The van der Waals surface area contributed by atoms with Gasteiger partial charge in [0.05, 0.1) is 11.9 Å². The smallest absolute Gasteiger partial charge is 0.242 e. The number of para-hydroxylation sites is 1. The predicted octanol–water partition coefficient (Wildman–Crippen LogP) is 4.35. The van der Waals surface area contributed by atoms with E-state index in [2.05, 4.69) is 29.6 Å². The van der Waals surface area contributed by atoms with Gasteiger partial charge in [-0.15, -0.1) is 0 Å². The zero-order valence-electron chi connectivity index (χ0n) is 12.4. The van der Waals surface area contributed by atoms with Gasteiger partial charge in [-0.25, -0.2) is 0 Å². The van der Waals surface area contributed by atoms with Crippen LogP contribution in [-0.4, -0.2) is 19.5 Å². The van der Waals surface area contributed by atoms with Crippen molar-refractivity contribution in [3.63, 3.8) is 0 Å². The summed E-state index contributed by atoms with van der Waals surface area (Å²) in [5.41, 5.74) is 2.84. The first-order chi connectivity index (χ1) is 9.46. The lowest BCUT2D eigenvalue weighted by Crippen LogP contribution is -2.29. The minimum atomic E-state index is -1.65. The van der Waals surface area contributed by atoms with E-state index in [-0.39, 0.29) is 0 Å². The van der Waals surface area contributed by atoms with Gasteiger partial charge in [-0.2, -0.15) is 0 Å². The summed E-state index contributed by atoms with van der Waals surface area (Å²) in [6.07, 6.45) is 3.54. The van der Waals surface area contributed by atoms with Crippen molar-refractivity contribution in [2.45, 2.75) is 26.6 Å². The molecule has 0 amide bonds. The number of hydrogen-bond acceptors (Lipinski definition) is 3. The summed E-state index contributed by atoms with van der Waals surface area (Å²) in [5, 5.41) is 0. The van der Waals surface area contributed by atoms with Crippen LogP contribution >= 0.6 is 0 Å². The Morgan fingerprint density at radius 3 is 2.55 bits per heavy atom. The molecule has 104 valence electrons. The Morgan fingerprint density at radius 2 is 1.90 bits per heavy atom. The second-order valence-corrected chi connectivity index (χ2v) is 10.1. The topological polar surface area (TPSA) is 34.5 Å². The molecule has 0 atom stereocenters. The Balaban J connectivity index is 2.33. The van der Waals surface area contributed by atoms with Crippen LogP contribution in [0.1, 0.15) is 11.3 Å². The van der Waals surface area contributed by atoms with E-state index in [9.17, 15) is 0 Å². The molecule has 0 aliphatic carbocycles. The van der Waals surface area contributed by atoms with Crippen LogP contribution in [0.5, 0.6) is 5.75 Å². The van der Waals surface area contributed by atoms with Gasteiger partial charge in [0.1, 0.15) is 11.4 Å². The number of aromatic nitrogens is 1. The van der Waals surface area contributed by atoms with Crippen LogP contribution in [0, 0.1) is 6.92 Å². The predicted molar refractivity (Wildman–Crippen MR) is 86.6 cm³/mol. The molecule has 0 bridgehead atoms. The molecule has 3 nitrogen and oxygen atoms in total.